The smallest absolute Gasteiger partial charge is 0.344 e. The van der Waals surface area contributed by atoms with E-state index in [0.717, 1.165) is 30.3 Å². The highest BCUT2D eigenvalue weighted by Gasteiger charge is 2.31. The number of hydrogen-bond acceptors (Lipinski definition) is 6. The molecule has 28 heavy (non-hydrogen) atoms. The second-order valence-corrected chi connectivity index (χ2v) is 7.45. The molecule has 0 aliphatic rings. The zero-order valence-corrected chi connectivity index (χ0v) is 14.9. The van der Waals surface area contributed by atoms with Gasteiger partial charge < -0.3 is 4.74 Å². The summed E-state index contributed by atoms with van der Waals surface area (Å²) >= 11 is 0. The van der Waals surface area contributed by atoms with Gasteiger partial charge in [-0.05, 0) is 42.5 Å². The Hall–Kier alpha value is -3.59. The number of benzene rings is 3. The van der Waals surface area contributed by atoms with E-state index in [9.17, 15) is 27.7 Å². The van der Waals surface area contributed by atoms with Gasteiger partial charge in [0.25, 0.3) is 5.69 Å². The van der Waals surface area contributed by atoms with Crippen molar-refractivity contribution in [2.45, 2.75) is 9.79 Å². The van der Waals surface area contributed by atoms with Gasteiger partial charge in [0, 0.05) is 6.07 Å². The van der Waals surface area contributed by atoms with Gasteiger partial charge in [-0.2, -0.15) is 0 Å². The summed E-state index contributed by atoms with van der Waals surface area (Å²) < 4.78 is 44.1. The number of halogens is 1. The summed E-state index contributed by atoms with van der Waals surface area (Å²) in [5.41, 5.74) is -0.908. The molecule has 0 aliphatic heterocycles. The van der Waals surface area contributed by atoms with Gasteiger partial charge >= 0.3 is 5.97 Å². The molecule has 9 heteroatoms. The first-order valence-corrected chi connectivity index (χ1v) is 9.34. The molecule has 7 nitrogen and oxygen atoms in total. The van der Waals surface area contributed by atoms with Crippen LogP contribution in [-0.4, -0.2) is 19.3 Å². The Morgan fingerprint density at radius 1 is 0.893 bits per heavy atom. The van der Waals surface area contributed by atoms with Crippen molar-refractivity contribution in [2.75, 3.05) is 0 Å². The molecule has 0 heterocycles. The highest BCUT2D eigenvalue weighted by atomic mass is 32.2. The Labute approximate surface area is 159 Å². The zero-order valence-electron chi connectivity index (χ0n) is 14.1. The number of carbonyl (C=O) groups is 1. The number of nitro benzene ring substituents is 1. The molecule has 0 atom stereocenters. The predicted octanol–water partition coefficient (Wildman–Crippen LogP) is 3.79. The van der Waals surface area contributed by atoms with Crippen LogP contribution in [0.3, 0.4) is 0 Å². The van der Waals surface area contributed by atoms with E-state index >= 15 is 0 Å². The van der Waals surface area contributed by atoms with Crippen molar-refractivity contribution in [3.63, 3.8) is 0 Å². The molecule has 3 rings (SSSR count). The molecule has 0 N–H and O–H groups in total. The van der Waals surface area contributed by atoms with E-state index in [1.54, 1.807) is 0 Å². The number of carbonyl (C=O) groups excluding carboxylic acids is 1. The molecule has 0 aromatic heterocycles. The molecular weight excluding hydrogens is 389 g/mol. The number of nitrogens with zero attached hydrogens (tertiary/aromatic N) is 1. The molecule has 0 saturated carbocycles. The van der Waals surface area contributed by atoms with Crippen LogP contribution in [-0.2, 0) is 9.84 Å². The number of nitro groups is 1. The minimum atomic E-state index is -4.39. The fraction of sp³-hybridized carbons (Fsp3) is 0. The number of rotatable bonds is 5. The van der Waals surface area contributed by atoms with Crippen LogP contribution in [0, 0.1) is 15.9 Å². The minimum Gasteiger partial charge on any atom is -0.423 e. The third-order valence-corrected chi connectivity index (χ3v) is 5.63. The minimum absolute atomic E-state index is 0.0179. The maximum Gasteiger partial charge on any atom is 0.344 e. The number of sulfone groups is 1. The Kier molecular flexibility index (Phi) is 5.18. The first kappa shape index (κ1) is 19.2. The quantitative estimate of drug-likeness (QED) is 0.279. The first-order chi connectivity index (χ1) is 13.3. The van der Waals surface area contributed by atoms with E-state index in [0.29, 0.717) is 0 Å². The van der Waals surface area contributed by atoms with Crippen LogP contribution < -0.4 is 4.74 Å². The summed E-state index contributed by atoms with van der Waals surface area (Å²) in [6.07, 6.45) is 0. The van der Waals surface area contributed by atoms with E-state index in [4.69, 9.17) is 4.74 Å². The van der Waals surface area contributed by atoms with Gasteiger partial charge in [-0.3, -0.25) is 10.1 Å². The van der Waals surface area contributed by atoms with Crippen molar-refractivity contribution in [3.05, 3.63) is 94.3 Å². The fourth-order valence-corrected chi connectivity index (χ4v) is 4.10. The summed E-state index contributed by atoms with van der Waals surface area (Å²) in [6, 6.07) is 14.6. The topological polar surface area (TPSA) is 104 Å². The van der Waals surface area contributed by atoms with Gasteiger partial charge in [0.05, 0.1) is 15.4 Å². The van der Waals surface area contributed by atoms with Crippen LogP contribution in [0.4, 0.5) is 10.1 Å². The lowest BCUT2D eigenvalue weighted by Gasteiger charge is -2.10. The Morgan fingerprint density at radius 3 is 2.11 bits per heavy atom. The summed E-state index contributed by atoms with van der Waals surface area (Å²) in [5, 5.41) is 11.2. The number of ether oxygens (including phenoxy) is 1. The van der Waals surface area contributed by atoms with Crippen LogP contribution in [0.15, 0.2) is 82.6 Å². The van der Waals surface area contributed by atoms with E-state index in [-0.39, 0.29) is 11.3 Å². The van der Waals surface area contributed by atoms with Crippen molar-refractivity contribution in [1.29, 1.82) is 0 Å². The fourth-order valence-electron chi connectivity index (χ4n) is 2.49. The van der Waals surface area contributed by atoms with Gasteiger partial charge in [0.1, 0.15) is 16.5 Å². The predicted molar refractivity (Wildman–Crippen MR) is 96.3 cm³/mol. The molecule has 0 amide bonds. The third-order valence-electron chi connectivity index (χ3n) is 3.77. The van der Waals surface area contributed by atoms with Gasteiger partial charge in [0.15, 0.2) is 0 Å². The molecule has 0 bridgehead atoms. The summed E-state index contributed by atoms with van der Waals surface area (Å²) in [6.45, 7) is 0. The largest absolute Gasteiger partial charge is 0.423 e. The van der Waals surface area contributed by atoms with Crippen LogP contribution in [0.25, 0.3) is 0 Å². The lowest BCUT2D eigenvalue weighted by atomic mass is 10.2. The molecule has 3 aromatic rings. The number of esters is 1. The second kappa shape index (κ2) is 7.57. The highest BCUT2D eigenvalue weighted by molar-refractivity contribution is 7.91. The molecule has 3 aromatic carbocycles. The highest BCUT2D eigenvalue weighted by Crippen LogP contribution is 2.31. The van der Waals surface area contributed by atoms with Crippen molar-refractivity contribution in [3.8, 4) is 5.75 Å². The van der Waals surface area contributed by atoms with Crippen LogP contribution in [0.2, 0.25) is 0 Å². The molecule has 0 radical (unpaired) electrons. The monoisotopic (exact) mass is 401 g/mol. The summed E-state index contributed by atoms with van der Waals surface area (Å²) in [4.78, 5) is 21.9. The average molecular weight is 401 g/mol. The first-order valence-electron chi connectivity index (χ1n) is 7.86. The molecule has 142 valence electrons. The normalized spacial score (nSPS) is 11.0. The molecule has 0 aliphatic carbocycles. The average Bonchev–Trinajstić information content (AvgIpc) is 2.69. The Balaban J connectivity index is 2.06. The molecule has 0 saturated heterocycles. The molecule has 0 fully saturated rings. The van der Waals surface area contributed by atoms with Gasteiger partial charge in [-0.15, -0.1) is 0 Å². The maximum absolute atomic E-state index is 13.0. The second-order valence-electron chi connectivity index (χ2n) is 5.57. The molecule has 0 unspecified atom stereocenters. The van der Waals surface area contributed by atoms with Crippen LogP contribution >= 0.6 is 0 Å². The van der Waals surface area contributed by atoms with E-state index in [1.807, 2.05) is 0 Å². The zero-order chi connectivity index (χ0) is 20.3. The van der Waals surface area contributed by atoms with Gasteiger partial charge in [0.2, 0.25) is 9.84 Å². The summed E-state index contributed by atoms with van der Waals surface area (Å²) in [5.74, 6) is -1.51. The SMILES string of the molecule is O=C(Oc1ccc(F)cc1)c1ccccc1S(=O)(=O)c1ccccc1[N+](=O)[O-]. The molecular formula is C19H12FNO6S. The maximum atomic E-state index is 13.0. The number of para-hydroxylation sites is 1. The van der Waals surface area contributed by atoms with Gasteiger partial charge in [-0.1, -0.05) is 24.3 Å². The standard InChI is InChI=1S/C19H12FNO6S/c20-13-9-11-14(12-10-13)27-19(22)15-5-1-3-7-17(15)28(25,26)18-8-4-2-6-16(18)21(23)24/h1-12H. The van der Waals surface area contributed by atoms with E-state index in [2.05, 4.69) is 0 Å². The Morgan fingerprint density at radius 2 is 1.46 bits per heavy atom. The molecule has 0 spiro atoms. The van der Waals surface area contributed by atoms with Gasteiger partial charge in [-0.25, -0.2) is 17.6 Å². The van der Waals surface area contributed by atoms with E-state index < -0.39 is 42.0 Å². The summed E-state index contributed by atoms with van der Waals surface area (Å²) in [7, 11) is -4.39. The van der Waals surface area contributed by atoms with E-state index in [1.165, 1.54) is 42.5 Å². The lowest BCUT2D eigenvalue weighted by molar-refractivity contribution is -0.387. The Bertz CT molecular complexity index is 1160. The van der Waals surface area contributed by atoms with Crippen molar-refractivity contribution >= 4 is 21.5 Å². The number of hydrogen-bond donors (Lipinski definition) is 0. The van der Waals surface area contributed by atoms with Crippen molar-refractivity contribution in [2.24, 2.45) is 0 Å². The lowest BCUT2D eigenvalue weighted by Crippen LogP contribution is -2.15. The van der Waals surface area contributed by atoms with Crippen molar-refractivity contribution < 1.29 is 27.3 Å². The third kappa shape index (κ3) is 3.74. The van der Waals surface area contributed by atoms with Crippen molar-refractivity contribution in [1.82, 2.24) is 0 Å². The van der Waals surface area contributed by atoms with Crippen LogP contribution in [0.1, 0.15) is 10.4 Å². The van der Waals surface area contributed by atoms with Crippen LogP contribution in [0.5, 0.6) is 5.75 Å².